The molecule has 1 rings (SSSR count). The molecular weight excluding hydrogens is 250 g/mol. The quantitative estimate of drug-likeness (QED) is 0.600. The van der Waals surface area contributed by atoms with Crippen molar-refractivity contribution in [1.29, 1.82) is 0 Å². The lowest BCUT2D eigenvalue weighted by molar-refractivity contribution is 0.0516. The Kier molecular flexibility index (Phi) is 3.46. The summed E-state index contributed by atoms with van der Waals surface area (Å²) in [6, 6.07) is 0. The Morgan fingerprint density at radius 2 is 2.36 bits per heavy atom. The molecule has 0 fully saturated rings. The van der Waals surface area contributed by atoms with Crippen molar-refractivity contribution < 1.29 is 17.9 Å². The maximum atomic E-state index is 11.2. The number of hydrogen-bond donors (Lipinski definition) is 0. The minimum absolute atomic E-state index is 0.151. The van der Waals surface area contributed by atoms with Crippen LogP contribution < -0.4 is 0 Å². The molecule has 0 radical (unpaired) electrons. The number of hydrogen-bond acceptors (Lipinski definition) is 6. The van der Waals surface area contributed by atoms with Crippen LogP contribution in [0.4, 0.5) is 0 Å². The average molecular weight is 256 g/mol. The Bertz CT molecular complexity index is 438. The maximum absolute atomic E-state index is 11.2. The third-order valence-electron chi connectivity index (χ3n) is 1.23. The van der Waals surface area contributed by atoms with Crippen molar-refractivity contribution in [3.63, 3.8) is 0 Å². The first-order valence-corrected chi connectivity index (χ1v) is 6.71. The molecule has 8 heteroatoms. The Labute approximate surface area is 89.1 Å². The number of esters is 1. The molecule has 14 heavy (non-hydrogen) atoms. The molecule has 0 N–H and O–H groups in total. The van der Waals surface area contributed by atoms with Crippen molar-refractivity contribution in [1.82, 2.24) is 4.98 Å². The Balaban J connectivity index is 3.12. The summed E-state index contributed by atoms with van der Waals surface area (Å²) in [4.78, 5) is 14.8. The van der Waals surface area contributed by atoms with Crippen molar-refractivity contribution in [2.75, 3.05) is 6.61 Å². The van der Waals surface area contributed by atoms with Gasteiger partial charge in [0.1, 0.15) is 0 Å². The molecule has 0 saturated carbocycles. The van der Waals surface area contributed by atoms with E-state index in [4.69, 9.17) is 10.7 Å². The van der Waals surface area contributed by atoms with Crippen LogP contribution >= 0.6 is 22.0 Å². The highest BCUT2D eigenvalue weighted by molar-refractivity contribution is 8.15. The minimum Gasteiger partial charge on any atom is -0.461 e. The topological polar surface area (TPSA) is 73.3 Å². The van der Waals surface area contributed by atoms with E-state index in [-0.39, 0.29) is 16.5 Å². The molecular formula is C6H6ClNO4S2. The van der Waals surface area contributed by atoms with Crippen LogP contribution in [-0.4, -0.2) is 26.0 Å². The third kappa shape index (κ3) is 2.43. The highest BCUT2D eigenvalue weighted by Gasteiger charge is 2.24. The molecule has 0 saturated heterocycles. The number of nitrogens with zero attached hydrogens (tertiary/aromatic N) is 1. The molecule has 0 atom stereocenters. The van der Waals surface area contributed by atoms with Crippen LogP contribution in [0, 0.1) is 0 Å². The molecule has 0 bridgehead atoms. The summed E-state index contributed by atoms with van der Waals surface area (Å²) in [6.45, 7) is 1.76. The van der Waals surface area contributed by atoms with E-state index in [9.17, 15) is 13.2 Å². The highest BCUT2D eigenvalue weighted by Crippen LogP contribution is 2.24. The van der Waals surface area contributed by atoms with Gasteiger partial charge in [0.2, 0.25) is 0 Å². The second-order valence-electron chi connectivity index (χ2n) is 2.15. The smallest absolute Gasteiger partial charge is 0.359 e. The zero-order valence-corrected chi connectivity index (χ0v) is 9.45. The van der Waals surface area contributed by atoms with E-state index < -0.39 is 15.0 Å². The first kappa shape index (κ1) is 11.4. The molecule has 0 spiro atoms. The van der Waals surface area contributed by atoms with Crippen LogP contribution in [0.2, 0.25) is 0 Å². The number of aromatic nitrogens is 1. The number of rotatable bonds is 3. The van der Waals surface area contributed by atoms with Gasteiger partial charge in [-0.3, -0.25) is 0 Å². The summed E-state index contributed by atoms with van der Waals surface area (Å²) in [6.07, 6.45) is 0. The SMILES string of the molecule is CCOC(=O)c1ncsc1S(=O)(=O)Cl. The van der Waals surface area contributed by atoms with Gasteiger partial charge >= 0.3 is 5.97 Å². The van der Waals surface area contributed by atoms with E-state index in [1.54, 1.807) is 6.92 Å². The van der Waals surface area contributed by atoms with Crippen LogP contribution in [0.5, 0.6) is 0 Å². The lowest BCUT2D eigenvalue weighted by atomic mass is 10.5. The van der Waals surface area contributed by atoms with Crippen LogP contribution in [0.1, 0.15) is 17.4 Å². The van der Waals surface area contributed by atoms with Crippen LogP contribution in [0.3, 0.4) is 0 Å². The normalized spacial score (nSPS) is 11.3. The van der Waals surface area contributed by atoms with E-state index in [1.165, 1.54) is 5.51 Å². The fourth-order valence-corrected chi connectivity index (χ4v) is 2.75. The van der Waals surface area contributed by atoms with E-state index in [0.29, 0.717) is 0 Å². The van der Waals surface area contributed by atoms with Crippen molar-refractivity contribution >= 4 is 37.0 Å². The summed E-state index contributed by atoms with van der Waals surface area (Å²) < 4.78 is 26.2. The summed E-state index contributed by atoms with van der Waals surface area (Å²) in [7, 11) is 1.16. The molecule has 0 aromatic carbocycles. The molecule has 0 amide bonds. The third-order valence-corrected chi connectivity index (χ3v) is 4.16. The molecule has 0 aliphatic carbocycles. The fraction of sp³-hybridized carbons (Fsp3) is 0.333. The minimum atomic E-state index is -3.93. The van der Waals surface area contributed by atoms with Gasteiger partial charge in [0, 0.05) is 10.7 Å². The molecule has 0 unspecified atom stereocenters. The maximum Gasteiger partial charge on any atom is 0.359 e. The molecule has 78 valence electrons. The van der Waals surface area contributed by atoms with Crippen LogP contribution in [0.25, 0.3) is 0 Å². The Morgan fingerprint density at radius 1 is 1.71 bits per heavy atom. The van der Waals surface area contributed by atoms with Crippen molar-refractivity contribution in [2.24, 2.45) is 0 Å². The number of halogens is 1. The summed E-state index contributed by atoms with van der Waals surface area (Å²) in [5.74, 6) is -0.784. The standard InChI is InChI=1S/C6H6ClNO4S2/c1-2-12-5(9)4-6(13-3-8-4)14(7,10)11/h3H,2H2,1H3. The van der Waals surface area contributed by atoms with E-state index in [2.05, 4.69) is 9.72 Å². The van der Waals surface area contributed by atoms with Crippen molar-refractivity contribution in [3.8, 4) is 0 Å². The van der Waals surface area contributed by atoms with Gasteiger partial charge < -0.3 is 4.74 Å². The Morgan fingerprint density at radius 3 is 2.86 bits per heavy atom. The van der Waals surface area contributed by atoms with Gasteiger partial charge in [0.05, 0.1) is 12.1 Å². The van der Waals surface area contributed by atoms with Gasteiger partial charge in [-0.05, 0) is 6.92 Å². The van der Waals surface area contributed by atoms with Crippen molar-refractivity contribution in [2.45, 2.75) is 11.1 Å². The largest absolute Gasteiger partial charge is 0.461 e. The summed E-state index contributed by atoms with van der Waals surface area (Å²) in [5, 5.41) is 0. The number of carbonyl (C=O) groups excluding carboxylic acids is 1. The molecule has 1 heterocycles. The predicted octanol–water partition coefficient (Wildman–Crippen LogP) is 1.25. The van der Waals surface area contributed by atoms with Crippen LogP contribution in [0.15, 0.2) is 9.72 Å². The van der Waals surface area contributed by atoms with Crippen LogP contribution in [-0.2, 0) is 13.8 Å². The van der Waals surface area contributed by atoms with Gasteiger partial charge in [0.15, 0.2) is 9.90 Å². The number of thiazole rings is 1. The first-order chi connectivity index (χ1) is 6.46. The molecule has 1 aromatic rings. The van der Waals surface area contributed by atoms with Crippen molar-refractivity contribution in [3.05, 3.63) is 11.2 Å². The molecule has 5 nitrogen and oxygen atoms in total. The monoisotopic (exact) mass is 255 g/mol. The lowest BCUT2D eigenvalue weighted by Gasteiger charge is -1.98. The van der Waals surface area contributed by atoms with E-state index in [1.807, 2.05) is 0 Å². The first-order valence-electron chi connectivity index (χ1n) is 3.52. The average Bonchev–Trinajstić information content (AvgIpc) is 2.50. The molecule has 0 aliphatic rings. The number of carbonyl (C=O) groups is 1. The van der Waals surface area contributed by atoms with E-state index >= 15 is 0 Å². The molecule has 0 aliphatic heterocycles. The fourth-order valence-electron chi connectivity index (χ4n) is 0.744. The van der Waals surface area contributed by atoms with Gasteiger partial charge in [0.25, 0.3) is 9.05 Å². The van der Waals surface area contributed by atoms with Gasteiger partial charge in [-0.2, -0.15) is 0 Å². The lowest BCUT2D eigenvalue weighted by Crippen LogP contribution is -2.08. The second-order valence-corrected chi connectivity index (χ2v) is 5.76. The summed E-state index contributed by atoms with van der Waals surface area (Å²) >= 11 is 0.779. The number of ether oxygens (including phenoxy) is 1. The zero-order valence-electron chi connectivity index (χ0n) is 7.06. The Hall–Kier alpha value is -0.660. The second kappa shape index (κ2) is 4.24. The zero-order chi connectivity index (χ0) is 10.8. The molecule has 1 aromatic heterocycles. The highest BCUT2D eigenvalue weighted by atomic mass is 35.7. The van der Waals surface area contributed by atoms with Gasteiger partial charge in [-0.15, -0.1) is 11.3 Å². The predicted molar refractivity (Wildman–Crippen MR) is 51.1 cm³/mol. The summed E-state index contributed by atoms with van der Waals surface area (Å²) in [5.41, 5.74) is 0.966. The van der Waals surface area contributed by atoms with Gasteiger partial charge in [-0.25, -0.2) is 18.2 Å². The van der Waals surface area contributed by atoms with E-state index in [0.717, 1.165) is 11.3 Å². The van der Waals surface area contributed by atoms with Gasteiger partial charge in [-0.1, -0.05) is 0 Å².